The molecule has 0 aromatic heterocycles. The van der Waals surface area contributed by atoms with E-state index < -0.39 is 0 Å². The number of ether oxygens (including phenoxy) is 9. The van der Waals surface area contributed by atoms with E-state index in [2.05, 4.69) is 139 Å². The van der Waals surface area contributed by atoms with Gasteiger partial charge in [-0.1, -0.05) is 157 Å². The van der Waals surface area contributed by atoms with E-state index in [4.69, 9.17) is 43.7 Å². The summed E-state index contributed by atoms with van der Waals surface area (Å²) < 4.78 is 50.8. The topological polar surface area (TPSA) is 246 Å². The van der Waals surface area contributed by atoms with Gasteiger partial charge in [-0.3, -0.25) is 0 Å². The van der Waals surface area contributed by atoms with Gasteiger partial charge in [0.2, 0.25) is 0 Å². The monoisotopic (exact) mass is 1790 g/mol. The molecule has 0 saturated heterocycles. The third-order valence-corrected chi connectivity index (χ3v) is 21.6. The quantitative estimate of drug-likeness (QED) is 0.0183. The van der Waals surface area contributed by atoms with Crippen molar-refractivity contribution in [3.8, 4) is 0 Å². The molecule has 0 aliphatic carbocycles. The lowest BCUT2D eigenvalue weighted by Crippen LogP contribution is -2.51. The molecular weight excluding hydrogens is 1610 g/mol. The first-order valence-corrected chi connectivity index (χ1v) is 46.0. The number of esters is 6. The smallest absolute Gasteiger partial charge is 0.338 e. The minimum atomic E-state index is -0.246. The second kappa shape index (κ2) is 85.7. The van der Waals surface area contributed by atoms with Gasteiger partial charge in [0.05, 0.1) is 153 Å². The number of methoxy groups -OCH3 is 3. The molecule has 0 radical (unpaired) electrons. The first-order valence-electron chi connectivity index (χ1n) is 46.0. The van der Waals surface area contributed by atoms with Crippen LogP contribution in [-0.4, -0.2) is 340 Å². The lowest BCUT2D eigenvalue weighted by molar-refractivity contribution is -0.926. The van der Waals surface area contributed by atoms with Crippen LogP contribution in [0.3, 0.4) is 0 Å². The number of hydrogen-bond acceptors (Lipinski definition) is 18. The summed E-state index contributed by atoms with van der Waals surface area (Å²) in [5.41, 5.74) is 3.76. The van der Waals surface area contributed by atoms with Gasteiger partial charge in [0.15, 0.2) is 0 Å². The molecule has 127 heavy (non-hydrogen) atoms. The maximum atomic E-state index is 12.0. The highest BCUT2D eigenvalue weighted by Gasteiger charge is 2.28. The molecule has 0 spiro atoms. The molecule has 0 fully saturated rings. The van der Waals surface area contributed by atoms with Crippen molar-refractivity contribution in [2.24, 2.45) is 0 Å². The first kappa shape index (κ1) is 129. The Balaban J connectivity index is -0.000000335. The van der Waals surface area contributed by atoms with Crippen LogP contribution in [0.25, 0.3) is 0 Å². The van der Waals surface area contributed by atoms with Crippen LogP contribution >= 0.6 is 0 Å². The second-order valence-electron chi connectivity index (χ2n) is 31.1. The molecule has 1 atom stereocenters. The van der Waals surface area contributed by atoms with Crippen LogP contribution in [0.15, 0.2) is 182 Å². The van der Waals surface area contributed by atoms with E-state index in [1.54, 1.807) is 115 Å². The molecule has 0 saturated carbocycles. The average Bonchev–Trinajstić information content (AvgIpc) is 0.865. The average molecular weight is 1790 g/mol. The van der Waals surface area contributed by atoms with Crippen LogP contribution in [-0.2, 0) is 42.6 Å². The van der Waals surface area contributed by atoms with E-state index >= 15 is 0 Å². The lowest BCUT2D eigenvalue weighted by atomic mass is 10.2. The maximum Gasteiger partial charge on any atom is 0.338 e. The minimum absolute atomic E-state index is 0.211. The van der Waals surface area contributed by atoms with Crippen LogP contribution in [0.4, 0.5) is 0 Å². The van der Waals surface area contributed by atoms with Gasteiger partial charge in [-0.2, -0.15) is 0 Å². The molecule has 0 amide bonds. The number of aliphatic hydroxyl groups excluding tert-OH is 3. The fourth-order valence-corrected chi connectivity index (χ4v) is 13.6. The number of carbonyl (C=O) groups is 6. The number of quaternary nitrogens is 6. The Morgan fingerprint density at radius 3 is 0.488 bits per heavy atom. The number of likely N-dealkylation sites (N-methyl/N-ethyl adjacent to an activating group) is 6. The Kier molecular flexibility index (Phi) is 87.4. The van der Waals surface area contributed by atoms with Crippen molar-refractivity contribution < 1.29 is 114 Å². The predicted molar refractivity (Wildman–Crippen MR) is 523 cm³/mol. The molecule has 24 nitrogen and oxygen atoms in total. The van der Waals surface area contributed by atoms with Crippen molar-refractivity contribution in [2.75, 3.05) is 262 Å². The Morgan fingerprint density at radius 2 is 0.354 bits per heavy atom. The maximum absolute atomic E-state index is 12.0. The van der Waals surface area contributed by atoms with Gasteiger partial charge in [0, 0.05) is 64.0 Å². The Bertz CT molecular complexity index is 3270. The van der Waals surface area contributed by atoms with Crippen molar-refractivity contribution in [3.05, 3.63) is 215 Å². The van der Waals surface area contributed by atoms with Crippen LogP contribution in [0.2, 0.25) is 0 Å². The molecule has 0 heterocycles. The number of benzene rings is 6. The van der Waals surface area contributed by atoms with Gasteiger partial charge >= 0.3 is 35.8 Å². The van der Waals surface area contributed by atoms with E-state index in [1.807, 2.05) is 109 Å². The number of nitrogens with zero attached hydrogens (tertiary/aromatic N) is 6. The van der Waals surface area contributed by atoms with Gasteiger partial charge in [-0.25, -0.2) is 28.8 Å². The van der Waals surface area contributed by atoms with Crippen molar-refractivity contribution in [1.29, 1.82) is 0 Å². The van der Waals surface area contributed by atoms with Crippen molar-refractivity contribution in [3.63, 3.8) is 0 Å². The molecule has 0 aliphatic rings. The summed E-state index contributed by atoms with van der Waals surface area (Å²) in [6, 6.07) is 55.0. The highest BCUT2D eigenvalue weighted by atomic mass is 16.6. The van der Waals surface area contributed by atoms with E-state index in [9.17, 15) is 28.8 Å². The second-order valence-corrected chi connectivity index (χ2v) is 31.1. The molecule has 6 aromatic rings. The summed E-state index contributed by atoms with van der Waals surface area (Å²) in [4.78, 5) is 70.8. The van der Waals surface area contributed by atoms with E-state index in [0.717, 1.165) is 173 Å². The van der Waals surface area contributed by atoms with Gasteiger partial charge in [0.25, 0.3) is 0 Å². The highest BCUT2D eigenvalue weighted by molar-refractivity contribution is 5.91. The predicted octanol–water partition coefficient (Wildman–Crippen LogP) is 17.5. The van der Waals surface area contributed by atoms with Gasteiger partial charge in [-0.15, -0.1) is 0 Å². The van der Waals surface area contributed by atoms with Gasteiger partial charge in [0.1, 0.15) is 78.9 Å². The summed E-state index contributed by atoms with van der Waals surface area (Å²) in [6.45, 7) is 58.2. The Morgan fingerprint density at radius 1 is 0.213 bits per heavy atom. The fourth-order valence-electron chi connectivity index (χ4n) is 13.6. The third kappa shape index (κ3) is 63.3. The number of carbonyl (C=O) groups excluding carboxylic acids is 6. The molecule has 1 unspecified atom stereocenters. The van der Waals surface area contributed by atoms with Crippen LogP contribution in [0.5, 0.6) is 0 Å². The summed E-state index contributed by atoms with van der Waals surface area (Å²) in [6.07, 6.45) is 8.29. The number of unbranched alkanes of at least 4 members (excludes halogenated alkanes) is 1. The first-order chi connectivity index (χ1) is 61.1. The largest absolute Gasteiger partial charge is 0.456 e. The third-order valence-electron chi connectivity index (χ3n) is 21.6. The Labute approximate surface area is 771 Å². The normalized spacial score (nSPS) is 10.9. The van der Waals surface area contributed by atoms with Crippen molar-refractivity contribution in [2.45, 2.75) is 149 Å². The minimum Gasteiger partial charge on any atom is -0.456 e. The molecule has 0 bridgehead atoms. The molecule has 0 aliphatic heterocycles. The van der Waals surface area contributed by atoms with Gasteiger partial charge in [-0.05, 0) is 174 Å². The standard InChI is InChI=1S/C18H30NO2.2C17H28NO2.2C15H24NO2.C12H18NO2.3C2H6O.3CH4O/c1-4-7-14-19(6-3,13-5-2)15-16-21-18(20)17-11-9-8-10-12-17;2*1-4-12-18(6-3,13-5-2)14-15-20-17(19)16-10-8-7-9-11-16;2*1-4-16(5-2,6-3)12-13-18-15(17)14-10-8-7-9-11-14;1-13(2,3)9-10-15-12(14)11-7-5-4-6-8-11;3*1-3-2;3*1-2/h8-12H,4-7,13-16H2,1-3H3;2*7-11H,4-6,12-15H2,1-3H3;2*7-11H,4-6,12-13H2,1-3H3;4-8H,9-10H2,1-3H3;3*1-2H3;3*2H,1H3/q6*+1;;;;;;. The molecule has 726 valence electrons. The molecule has 6 rings (SSSR count). The Hall–Kier alpha value is -8.34. The van der Waals surface area contributed by atoms with E-state index in [1.165, 1.54) is 58.0 Å². The molecular formula is C103H182N6O18+6. The summed E-state index contributed by atoms with van der Waals surface area (Å²) in [7, 11) is 18.9. The summed E-state index contributed by atoms with van der Waals surface area (Å²) >= 11 is 0. The SMILES string of the molecule is CCCC[N+](CC)(CCC)CCOC(=O)c1ccccc1.CCC[N+](CC)(CCC)CCOC(=O)c1ccccc1.CCC[N+](CC)(CCC)CCOC(=O)c1ccccc1.CC[N+](CC)(CC)CCOC(=O)c1ccccc1.CC[N+](CC)(CC)CCOC(=O)c1ccccc1.CO.CO.CO.COC.COC.COC.C[N+](C)(C)CCOC(=O)c1ccccc1. The number of rotatable bonds is 46. The zero-order valence-electron chi connectivity index (χ0n) is 84.5. The molecule has 3 N–H and O–H groups in total. The van der Waals surface area contributed by atoms with E-state index in [-0.39, 0.29) is 35.8 Å². The fraction of sp³-hybridized carbons (Fsp3) is 0.592. The van der Waals surface area contributed by atoms with Crippen molar-refractivity contribution in [1.82, 2.24) is 0 Å². The zero-order valence-corrected chi connectivity index (χ0v) is 84.5. The van der Waals surface area contributed by atoms with Crippen LogP contribution in [0.1, 0.15) is 211 Å². The summed E-state index contributed by atoms with van der Waals surface area (Å²) in [5, 5.41) is 21.0. The highest BCUT2D eigenvalue weighted by Crippen LogP contribution is 2.16. The van der Waals surface area contributed by atoms with Crippen LogP contribution < -0.4 is 0 Å². The number of hydrogen-bond donors (Lipinski definition) is 3. The van der Waals surface area contributed by atoms with E-state index in [0.29, 0.717) is 73.0 Å². The zero-order chi connectivity index (χ0) is 97.5. The van der Waals surface area contributed by atoms with Crippen molar-refractivity contribution >= 4 is 35.8 Å². The molecule has 6 aromatic carbocycles. The lowest BCUT2D eigenvalue weighted by Gasteiger charge is -2.37. The van der Waals surface area contributed by atoms with Gasteiger partial charge < -0.3 is 84.8 Å². The number of aliphatic hydroxyl groups is 3. The van der Waals surface area contributed by atoms with Crippen LogP contribution in [0, 0.1) is 0 Å². The summed E-state index contributed by atoms with van der Waals surface area (Å²) in [5.74, 6) is -1.34. The molecule has 24 heteroatoms.